The highest BCUT2D eigenvalue weighted by molar-refractivity contribution is 5.71. The monoisotopic (exact) mass is 232 g/mol. The Bertz CT molecular complexity index is 488. The second kappa shape index (κ2) is 5.21. The predicted octanol–water partition coefficient (Wildman–Crippen LogP) is 2.50. The van der Waals surface area contributed by atoms with Crippen LogP contribution < -0.4 is 4.74 Å². The predicted molar refractivity (Wildman–Crippen MR) is 61.7 cm³/mol. The molecular formula is C13H12O4. The molecule has 0 fully saturated rings. The van der Waals surface area contributed by atoms with Gasteiger partial charge in [0.2, 0.25) is 0 Å². The van der Waals surface area contributed by atoms with Crippen molar-refractivity contribution in [2.24, 2.45) is 0 Å². The molecule has 0 spiro atoms. The zero-order chi connectivity index (χ0) is 12.1. The zero-order valence-electron chi connectivity index (χ0n) is 9.38. The zero-order valence-corrected chi connectivity index (χ0v) is 9.38. The molecule has 17 heavy (non-hydrogen) atoms. The summed E-state index contributed by atoms with van der Waals surface area (Å²) in [6, 6.07) is 11.0. The molecule has 0 saturated carbocycles. The highest BCUT2D eigenvalue weighted by atomic mass is 16.6. The molecule has 2 aromatic rings. The van der Waals surface area contributed by atoms with Crippen molar-refractivity contribution >= 4 is 5.97 Å². The summed E-state index contributed by atoms with van der Waals surface area (Å²) in [4.78, 5) is 10.9. The van der Waals surface area contributed by atoms with Gasteiger partial charge in [0.05, 0.1) is 13.4 Å². The molecule has 0 saturated heterocycles. The van der Waals surface area contributed by atoms with Gasteiger partial charge < -0.3 is 13.9 Å². The van der Waals surface area contributed by atoms with E-state index in [0.29, 0.717) is 5.75 Å². The van der Waals surface area contributed by atoms with Gasteiger partial charge in [0.25, 0.3) is 0 Å². The van der Waals surface area contributed by atoms with Crippen LogP contribution >= 0.6 is 0 Å². The number of carbonyl (C=O) groups is 1. The van der Waals surface area contributed by atoms with Crippen LogP contribution in [-0.4, -0.2) is 19.7 Å². The molecule has 1 aromatic heterocycles. The molecule has 0 amide bonds. The summed E-state index contributed by atoms with van der Waals surface area (Å²) >= 11 is 0. The van der Waals surface area contributed by atoms with Crippen LogP contribution in [0.1, 0.15) is 0 Å². The van der Waals surface area contributed by atoms with Gasteiger partial charge in [-0.1, -0.05) is 12.1 Å². The molecular weight excluding hydrogens is 220 g/mol. The minimum atomic E-state index is -0.409. The minimum Gasteiger partial charge on any atom is -0.482 e. The normalized spacial score (nSPS) is 9.94. The van der Waals surface area contributed by atoms with Crippen molar-refractivity contribution in [3.05, 3.63) is 42.7 Å². The topological polar surface area (TPSA) is 48.7 Å². The van der Waals surface area contributed by atoms with Crippen LogP contribution in [0.5, 0.6) is 5.75 Å². The summed E-state index contributed by atoms with van der Waals surface area (Å²) in [7, 11) is 1.32. The second-order valence-corrected chi connectivity index (χ2v) is 3.37. The Morgan fingerprint density at radius 2 is 2.18 bits per heavy atom. The van der Waals surface area contributed by atoms with Gasteiger partial charge in [-0.05, 0) is 24.3 Å². The molecule has 1 aromatic carbocycles. The van der Waals surface area contributed by atoms with Crippen molar-refractivity contribution in [1.29, 1.82) is 0 Å². The van der Waals surface area contributed by atoms with E-state index >= 15 is 0 Å². The van der Waals surface area contributed by atoms with E-state index in [4.69, 9.17) is 9.15 Å². The fourth-order valence-electron chi connectivity index (χ4n) is 1.38. The molecule has 0 aliphatic carbocycles. The fourth-order valence-corrected chi connectivity index (χ4v) is 1.38. The summed E-state index contributed by atoms with van der Waals surface area (Å²) in [5.41, 5.74) is 0.900. The van der Waals surface area contributed by atoms with E-state index in [-0.39, 0.29) is 6.61 Å². The van der Waals surface area contributed by atoms with Crippen LogP contribution in [0, 0.1) is 0 Å². The number of rotatable bonds is 4. The number of furan rings is 1. The lowest BCUT2D eigenvalue weighted by atomic mass is 10.2. The molecule has 88 valence electrons. The third kappa shape index (κ3) is 2.87. The van der Waals surface area contributed by atoms with E-state index < -0.39 is 5.97 Å². The molecule has 0 aliphatic heterocycles. The first-order chi connectivity index (χ1) is 8.29. The molecule has 1 heterocycles. The maximum Gasteiger partial charge on any atom is 0.343 e. The molecule has 0 N–H and O–H groups in total. The molecule has 2 rings (SSSR count). The van der Waals surface area contributed by atoms with E-state index in [0.717, 1.165) is 11.3 Å². The minimum absolute atomic E-state index is 0.0991. The number of carbonyl (C=O) groups excluding carboxylic acids is 1. The number of esters is 1. The lowest BCUT2D eigenvalue weighted by molar-refractivity contribution is -0.142. The van der Waals surface area contributed by atoms with E-state index in [1.54, 1.807) is 12.3 Å². The Morgan fingerprint density at radius 1 is 1.29 bits per heavy atom. The summed E-state index contributed by atoms with van der Waals surface area (Å²) in [6.45, 7) is -0.0991. The van der Waals surface area contributed by atoms with Gasteiger partial charge in [-0.15, -0.1) is 0 Å². The number of benzene rings is 1. The van der Waals surface area contributed by atoms with Crippen molar-refractivity contribution in [2.45, 2.75) is 0 Å². The second-order valence-electron chi connectivity index (χ2n) is 3.37. The van der Waals surface area contributed by atoms with Gasteiger partial charge in [0.15, 0.2) is 6.61 Å². The van der Waals surface area contributed by atoms with E-state index in [2.05, 4.69) is 4.74 Å². The first-order valence-electron chi connectivity index (χ1n) is 5.13. The Hall–Kier alpha value is -2.23. The summed E-state index contributed by atoms with van der Waals surface area (Å²) in [6.07, 6.45) is 1.61. The fraction of sp³-hybridized carbons (Fsp3) is 0.154. The number of methoxy groups -OCH3 is 1. The van der Waals surface area contributed by atoms with Crippen LogP contribution in [0.25, 0.3) is 11.3 Å². The van der Waals surface area contributed by atoms with Gasteiger partial charge in [-0.2, -0.15) is 0 Å². The van der Waals surface area contributed by atoms with Crippen molar-refractivity contribution in [3.63, 3.8) is 0 Å². The van der Waals surface area contributed by atoms with Crippen LogP contribution in [-0.2, 0) is 9.53 Å². The van der Waals surface area contributed by atoms with Gasteiger partial charge >= 0.3 is 5.97 Å². The molecule has 4 heteroatoms. The van der Waals surface area contributed by atoms with Gasteiger partial charge in [-0.3, -0.25) is 0 Å². The standard InChI is InChI=1S/C13H12O4/c1-15-13(14)9-17-11-5-2-4-10(8-11)12-6-3-7-16-12/h2-8H,9H2,1H3. The highest BCUT2D eigenvalue weighted by Crippen LogP contribution is 2.23. The maximum atomic E-state index is 10.9. The summed E-state index contributed by atoms with van der Waals surface area (Å²) in [5.74, 6) is 0.950. The van der Waals surface area contributed by atoms with Gasteiger partial charge in [0.1, 0.15) is 11.5 Å². The Labute approximate surface area is 98.8 Å². The van der Waals surface area contributed by atoms with E-state index in [1.165, 1.54) is 7.11 Å². The molecule has 0 aliphatic rings. The highest BCUT2D eigenvalue weighted by Gasteiger charge is 2.04. The number of ether oxygens (including phenoxy) is 2. The van der Waals surface area contributed by atoms with E-state index in [9.17, 15) is 4.79 Å². The van der Waals surface area contributed by atoms with Gasteiger partial charge in [0, 0.05) is 5.56 Å². The third-order valence-corrected chi connectivity index (χ3v) is 2.22. The average Bonchev–Trinajstić information content (AvgIpc) is 2.90. The van der Waals surface area contributed by atoms with Gasteiger partial charge in [-0.25, -0.2) is 4.79 Å². The largest absolute Gasteiger partial charge is 0.482 e. The first-order valence-corrected chi connectivity index (χ1v) is 5.13. The first kappa shape index (κ1) is 11.3. The van der Waals surface area contributed by atoms with Crippen molar-refractivity contribution < 1.29 is 18.7 Å². The average molecular weight is 232 g/mol. The number of hydrogen-bond acceptors (Lipinski definition) is 4. The van der Waals surface area contributed by atoms with Crippen molar-refractivity contribution in [3.8, 4) is 17.1 Å². The van der Waals surface area contributed by atoms with Crippen LogP contribution in [0.2, 0.25) is 0 Å². The Morgan fingerprint density at radius 3 is 2.88 bits per heavy atom. The number of hydrogen-bond donors (Lipinski definition) is 0. The van der Waals surface area contributed by atoms with E-state index in [1.807, 2.05) is 30.3 Å². The molecule has 0 unspecified atom stereocenters. The van der Waals surface area contributed by atoms with Crippen molar-refractivity contribution in [2.75, 3.05) is 13.7 Å². The smallest absolute Gasteiger partial charge is 0.343 e. The molecule has 0 radical (unpaired) electrons. The van der Waals surface area contributed by atoms with Crippen LogP contribution in [0.3, 0.4) is 0 Å². The maximum absolute atomic E-state index is 10.9. The van der Waals surface area contributed by atoms with Crippen LogP contribution in [0.15, 0.2) is 47.1 Å². The molecule has 0 bridgehead atoms. The lowest BCUT2D eigenvalue weighted by Gasteiger charge is -2.05. The molecule has 0 atom stereocenters. The quantitative estimate of drug-likeness (QED) is 0.760. The third-order valence-electron chi connectivity index (χ3n) is 2.22. The van der Waals surface area contributed by atoms with Crippen LogP contribution in [0.4, 0.5) is 0 Å². The Kier molecular flexibility index (Phi) is 3.45. The SMILES string of the molecule is COC(=O)COc1cccc(-c2ccco2)c1. The molecule has 4 nitrogen and oxygen atoms in total. The Balaban J connectivity index is 2.09. The summed E-state index contributed by atoms with van der Waals surface area (Å²) < 4.78 is 15.0. The van der Waals surface area contributed by atoms with Crippen molar-refractivity contribution in [1.82, 2.24) is 0 Å². The summed E-state index contributed by atoms with van der Waals surface area (Å²) in [5, 5.41) is 0. The lowest BCUT2D eigenvalue weighted by Crippen LogP contribution is -2.12.